The van der Waals surface area contributed by atoms with E-state index in [1.54, 1.807) is 11.0 Å². The first-order valence-electron chi connectivity index (χ1n) is 8.43. The molecule has 0 fully saturated rings. The van der Waals surface area contributed by atoms with Gasteiger partial charge in [-0.25, -0.2) is 0 Å². The van der Waals surface area contributed by atoms with Crippen molar-refractivity contribution in [1.29, 1.82) is 0 Å². The number of halogens is 2. The van der Waals surface area contributed by atoms with E-state index in [0.717, 1.165) is 11.3 Å². The molecule has 1 heterocycles. The Morgan fingerprint density at radius 2 is 2.00 bits per heavy atom. The van der Waals surface area contributed by atoms with E-state index >= 15 is 0 Å². The average molecular weight is 408 g/mol. The molecule has 2 aromatic rings. The number of carbonyl (C=O) groups is 2. The van der Waals surface area contributed by atoms with Crippen LogP contribution in [0.15, 0.2) is 36.4 Å². The molecule has 3 rings (SSSR count). The Bertz CT molecular complexity index is 873. The molecule has 6 nitrogen and oxygen atoms in total. The van der Waals surface area contributed by atoms with Gasteiger partial charge in [-0.1, -0.05) is 29.3 Å². The number of fused-ring (bicyclic) bond motifs is 1. The van der Waals surface area contributed by atoms with Crippen molar-refractivity contribution in [3.63, 3.8) is 0 Å². The van der Waals surface area contributed by atoms with Gasteiger partial charge in [0, 0.05) is 38.3 Å². The molecular formula is C19H19Cl2N3O3. The lowest BCUT2D eigenvalue weighted by Gasteiger charge is -2.29. The van der Waals surface area contributed by atoms with E-state index in [-0.39, 0.29) is 18.4 Å². The Hall–Kier alpha value is -2.44. The highest BCUT2D eigenvalue weighted by atomic mass is 35.5. The average Bonchev–Trinajstić information content (AvgIpc) is 2.64. The number of carbonyl (C=O) groups excluding carboxylic acids is 2. The van der Waals surface area contributed by atoms with Crippen LogP contribution in [0.4, 0.5) is 11.4 Å². The molecule has 1 aliphatic rings. The first-order valence-corrected chi connectivity index (χ1v) is 9.19. The lowest BCUT2D eigenvalue weighted by molar-refractivity contribution is -0.122. The van der Waals surface area contributed by atoms with E-state index < -0.39 is 0 Å². The number of hydrogen-bond donors (Lipinski definition) is 2. The van der Waals surface area contributed by atoms with Gasteiger partial charge < -0.3 is 20.3 Å². The van der Waals surface area contributed by atoms with Crippen LogP contribution < -0.4 is 20.3 Å². The number of hydrogen-bond acceptors (Lipinski definition) is 4. The van der Waals surface area contributed by atoms with Gasteiger partial charge in [0.05, 0.1) is 15.7 Å². The molecule has 0 saturated heterocycles. The van der Waals surface area contributed by atoms with Crippen LogP contribution in [0, 0.1) is 0 Å². The van der Waals surface area contributed by atoms with Crippen molar-refractivity contribution in [2.75, 3.05) is 29.9 Å². The maximum Gasteiger partial charge on any atom is 0.265 e. The van der Waals surface area contributed by atoms with Crippen LogP contribution in [0.2, 0.25) is 10.0 Å². The Morgan fingerprint density at radius 1 is 1.19 bits per heavy atom. The maximum absolute atomic E-state index is 12.1. The highest BCUT2D eigenvalue weighted by molar-refractivity contribution is 6.42. The highest BCUT2D eigenvalue weighted by Crippen LogP contribution is 2.34. The van der Waals surface area contributed by atoms with E-state index in [1.807, 2.05) is 30.3 Å². The van der Waals surface area contributed by atoms with Crippen LogP contribution in [0.1, 0.15) is 12.5 Å². The fourth-order valence-electron chi connectivity index (χ4n) is 2.76. The Morgan fingerprint density at radius 3 is 2.74 bits per heavy atom. The Kier molecular flexibility index (Phi) is 6.08. The SMILES string of the molecule is CC(=O)NCCN1C(=O)COc2cc(NCc3ccc(Cl)c(Cl)c3)ccc21. The van der Waals surface area contributed by atoms with Gasteiger partial charge in [0.2, 0.25) is 5.91 Å². The minimum absolute atomic E-state index is 0.0245. The van der Waals surface area contributed by atoms with Crippen molar-refractivity contribution in [1.82, 2.24) is 5.32 Å². The molecule has 0 atom stereocenters. The van der Waals surface area contributed by atoms with Gasteiger partial charge in [-0.05, 0) is 29.8 Å². The molecule has 0 spiro atoms. The van der Waals surface area contributed by atoms with E-state index in [2.05, 4.69) is 10.6 Å². The summed E-state index contributed by atoms with van der Waals surface area (Å²) in [7, 11) is 0. The predicted molar refractivity (Wildman–Crippen MR) is 107 cm³/mol. The molecule has 0 unspecified atom stereocenters. The number of ether oxygens (including phenoxy) is 1. The molecule has 1 aliphatic heterocycles. The number of nitrogens with one attached hydrogen (secondary N) is 2. The summed E-state index contributed by atoms with van der Waals surface area (Å²) in [6.45, 7) is 2.77. The molecule has 2 N–H and O–H groups in total. The second-order valence-electron chi connectivity index (χ2n) is 6.10. The quantitative estimate of drug-likeness (QED) is 0.768. The summed E-state index contributed by atoms with van der Waals surface area (Å²) < 4.78 is 5.56. The van der Waals surface area contributed by atoms with Gasteiger partial charge in [0.1, 0.15) is 5.75 Å². The molecular weight excluding hydrogens is 389 g/mol. The van der Waals surface area contributed by atoms with Crippen molar-refractivity contribution < 1.29 is 14.3 Å². The standard InChI is InChI=1S/C19H19Cl2N3O3/c1-12(25)22-6-7-24-17-5-3-14(9-18(17)27-11-19(24)26)23-10-13-2-4-15(20)16(21)8-13/h2-5,8-9,23H,6-7,10-11H2,1H3,(H,22,25). The monoisotopic (exact) mass is 407 g/mol. The van der Waals surface area contributed by atoms with Gasteiger partial charge in [-0.15, -0.1) is 0 Å². The van der Waals surface area contributed by atoms with Crippen LogP contribution in [0.25, 0.3) is 0 Å². The number of amides is 2. The summed E-state index contributed by atoms with van der Waals surface area (Å²) in [5.74, 6) is 0.360. The topological polar surface area (TPSA) is 70.7 Å². The van der Waals surface area contributed by atoms with Crippen molar-refractivity contribution >= 4 is 46.4 Å². The number of anilines is 2. The minimum Gasteiger partial charge on any atom is -0.481 e. The van der Waals surface area contributed by atoms with E-state index in [9.17, 15) is 9.59 Å². The van der Waals surface area contributed by atoms with Gasteiger partial charge in [0.25, 0.3) is 5.91 Å². The first-order chi connectivity index (χ1) is 12.9. The summed E-state index contributed by atoms with van der Waals surface area (Å²) in [6.07, 6.45) is 0. The van der Waals surface area contributed by atoms with Crippen LogP contribution in [-0.2, 0) is 16.1 Å². The molecule has 0 aromatic heterocycles. The zero-order valence-electron chi connectivity index (χ0n) is 14.7. The smallest absolute Gasteiger partial charge is 0.265 e. The summed E-state index contributed by atoms with van der Waals surface area (Å²) in [5.41, 5.74) is 2.54. The molecule has 8 heteroatoms. The summed E-state index contributed by atoms with van der Waals surface area (Å²) in [4.78, 5) is 24.8. The molecule has 2 aromatic carbocycles. The van der Waals surface area contributed by atoms with Crippen LogP contribution in [0.3, 0.4) is 0 Å². The van der Waals surface area contributed by atoms with Gasteiger partial charge in [0.15, 0.2) is 6.61 Å². The summed E-state index contributed by atoms with van der Waals surface area (Å²) >= 11 is 12.0. The molecule has 0 aliphatic carbocycles. The van der Waals surface area contributed by atoms with Crippen LogP contribution >= 0.6 is 23.2 Å². The molecule has 27 heavy (non-hydrogen) atoms. The second-order valence-corrected chi connectivity index (χ2v) is 6.92. The lowest BCUT2D eigenvalue weighted by atomic mass is 10.2. The predicted octanol–water partition coefficient (Wildman–Crippen LogP) is 3.47. The Labute approximate surface area is 167 Å². The molecule has 0 saturated carbocycles. The van der Waals surface area contributed by atoms with Gasteiger partial charge >= 0.3 is 0 Å². The minimum atomic E-state index is -0.135. The third kappa shape index (κ3) is 4.84. The highest BCUT2D eigenvalue weighted by Gasteiger charge is 2.25. The summed E-state index contributed by atoms with van der Waals surface area (Å²) in [5, 5.41) is 7.03. The first kappa shape index (κ1) is 19.3. The van der Waals surface area contributed by atoms with Crippen molar-refractivity contribution in [2.24, 2.45) is 0 Å². The number of nitrogens with zero attached hydrogens (tertiary/aromatic N) is 1. The van der Waals surface area contributed by atoms with E-state index in [0.29, 0.717) is 41.1 Å². The zero-order chi connectivity index (χ0) is 19.4. The van der Waals surface area contributed by atoms with Crippen molar-refractivity contribution in [2.45, 2.75) is 13.5 Å². The lowest BCUT2D eigenvalue weighted by Crippen LogP contribution is -2.43. The van der Waals surface area contributed by atoms with E-state index in [4.69, 9.17) is 27.9 Å². The third-order valence-corrected chi connectivity index (χ3v) is 4.83. The van der Waals surface area contributed by atoms with Crippen molar-refractivity contribution in [3.05, 3.63) is 52.0 Å². The molecule has 2 amide bonds. The summed E-state index contributed by atoms with van der Waals surface area (Å²) in [6, 6.07) is 11.0. The van der Waals surface area contributed by atoms with Crippen LogP contribution in [-0.4, -0.2) is 31.5 Å². The second kappa shape index (κ2) is 8.50. The maximum atomic E-state index is 12.1. The van der Waals surface area contributed by atoms with E-state index in [1.165, 1.54) is 6.92 Å². The van der Waals surface area contributed by atoms with Gasteiger partial charge in [-0.2, -0.15) is 0 Å². The molecule has 142 valence electrons. The van der Waals surface area contributed by atoms with Gasteiger partial charge in [-0.3, -0.25) is 9.59 Å². The van der Waals surface area contributed by atoms with Crippen LogP contribution in [0.5, 0.6) is 5.75 Å². The molecule has 0 radical (unpaired) electrons. The van der Waals surface area contributed by atoms with Crippen molar-refractivity contribution in [3.8, 4) is 5.75 Å². The fraction of sp³-hybridized carbons (Fsp3) is 0.263. The third-order valence-electron chi connectivity index (χ3n) is 4.09. The zero-order valence-corrected chi connectivity index (χ0v) is 16.2. The number of benzene rings is 2. The normalized spacial score (nSPS) is 13.0. The molecule has 0 bridgehead atoms. The Balaban J connectivity index is 1.69. The largest absolute Gasteiger partial charge is 0.481 e. The number of rotatable bonds is 6. The fourth-order valence-corrected chi connectivity index (χ4v) is 3.08.